The number of esters is 1. The van der Waals surface area contributed by atoms with E-state index in [0.717, 1.165) is 5.56 Å². The average Bonchev–Trinajstić information content (AvgIpc) is 2.68. The van der Waals surface area contributed by atoms with E-state index in [9.17, 15) is 19.5 Å². The largest absolute Gasteiger partial charge is 0.461 e. The Kier molecular flexibility index (Phi) is 11.1. The summed E-state index contributed by atoms with van der Waals surface area (Å²) in [5.74, 6) is -1.18. The van der Waals surface area contributed by atoms with Crippen LogP contribution in [0.4, 0.5) is 4.79 Å². The lowest BCUT2D eigenvalue weighted by atomic mass is 9.98. The lowest BCUT2D eigenvalue weighted by Crippen LogP contribution is -2.47. The zero-order valence-corrected chi connectivity index (χ0v) is 19.7. The molecule has 0 saturated heterocycles. The first-order valence-corrected chi connectivity index (χ1v) is 10.7. The molecule has 0 aliphatic heterocycles. The molecule has 9 nitrogen and oxygen atoms in total. The van der Waals surface area contributed by atoms with Crippen molar-refractivity contribution < 1.29 is 33.8 Å². The summed E-state index contributed by atoms with van der Waals surface area (Å²) in [7, 11) is 0. The number of hydroxylamine groups is 1. The number of amides is 1. The summed E-state index contributed by atoms with van der Waals surface area (Å²) in [5.41, 5.74) is 2.67. The number of nitrogens with one attached hydrogen (secondary N) is 2. The fourth-order valence-electron chi connectivity index (χ4n) is 2.67. The summed E-state index contributed by atoms with van der Waals surface area (Å²) >= 11 is 0. The van der Waals surface area contributed by atoms with Crippen LogP contribution in [-0.4, -0.2) is 46.9 Å². The van der Waals surface area contributed by atoms with Crippen LogP contribution in [0.3, 0.4) is 0 Å². The van der Waals surface area contributed by atoms with Crippen molar-refractivity contribution in [3.63, 3.8) is 0 Å². The van der Waals surface area contributed by atoms with Crippen molar-refractivity contribution in [3.05, 3.63) is 35.9 Å². The zero-order chi connectivity index (χ0) is 24.3. The van der Waals surface area contributed by atoms with Crippen molar-refractivity contribution in [2.75, 3.05) is 0 Å². The van der Waals surface area contributed by atoms with Gasteiger partial charge < -0.3 is 24.7 Å². The normalized spacial score (nSPS) is 14.2. The molecule has 0 spiro atoms. The van der Waals surface area contributed by atoms with E-state index < -0.39 is 41.8 Å². The van der Waals surface area contributed by atoms with Crippen molar-refractivity contribution >= 4 is 18.0 Å². The van der Waals surface area contributed by atoms with Crippen molar-refractivity contribution in [1.29, 1.82) is 0 Å². The van der Waals surface area contributed by atoms with Crippen LogP contribution in [0.15, 0.2) is 30.3 Å². The highest BCUT2D eigenvalue weighted by molar-refractivity contribution is 5.80. The minimum absolute atomic E-state index is 0.109. The summed E-state index contributed by atoms with van der Waals surface area (Å²) in [6.07, 6.45) is -1.71. The fraction of sp³-hybridized carbons (Fsp3) is 0.609. The summed E-state index contributed by atoms with van der Waals surface area (Å²) in [5, 5.41) is 12.9. The molecule has 9 heteroatoms. The first-order chi connectivity index (χ1) is 14.9. The van der Waals surface area contributed by atoms with E-state index in [0.29, 0.717) is 6.42 Å². The molecular weight excluding hydrogens is 416 g/mol. The van der Waals surface area contributed by atoms with Gasteiger partial charge in [0.25, 0.3) is 0 Å². The molecular formula is C23H36N2O7. The molecule has 0 bridgehead atoms. The number of aliphatic hydroxyl groups is 1. The van der Waals surface area contributed by atoms with E-state index in [2.05, 4.69) is 10.8 Å². The molecule has 0 aliphatic carbocycles. The highest BCUT2D eigenvalue weighted by Crippen LogP contribution is 2.13. The second kappa shape index (κ2) is 13.0. The molecule has 0 saturated carbocycles. The van der Waals surface area contributed by atoms with Crippen LogP contribution in [0.1, 0.15) is 59.9 Å². The topological polar surface area (TPSA) is 123 Å². The predicted octanol–water partition coefficient (Wildman–Crippen LogP) is 2.86. The minimum Gasteiger partial charge on any atom is -0.461 e. The average molecular weight is 453 g/mol. The van der Waals surface area contributed by atoms with Gasteiger partial charge in [0.1, 0.15) is 18.2 Å². The third-order valence-electron chi connectivity index (χ3n) is 4.21. The number of hydrogen-bond acceptors (Lipinski definition) is 8. The van der Waals surface area contributed by atoms with Crippen molar-refractivity contribution in [2.24, 2.45) is 5.92 Å². The van der Waals surface area contributed by atoms with Crippen LogP contribution in [0, 0.1) is 5.92 Å². The minimum atomic E-state index is -1.14. The van der Waals surface area contributed by atoms with Gasteiger partial charge in [-0.3, -0.25) is 4.79 Å². The Morgan fingerprint density at radius 2 is 1.69 bits per heavy atom. The molecule has 0 aromatic heterocycles. The summed E-state index contributed by atoms with van der Waals surface area (Å²) in [4.78, 5) is 41.2. The van der Waals surface area contributed by atoms with Gasteiger partial charge in [-0.2, -0.15) is 0 Å². The molecule has 0 fully saturated rings. The Hall–Kier alpha value is -2.65. The molecule has 32 heavy (non-hydrogen) atoms. The smallest absolute Gasteiger partial charge is 0.408 e. The van der Waals surface area contributed by atoms with Gasteiger partial charge in [0, 0.05) is 0 Å². The van der Waals surface area contributed by atoms with Crippen LogP contribution >= 0.6 is 0 Å². The van der Waals surface area contributed by atoms with Crippen molar-refractivity contribution in [1.82, 2.24) is 10.8 Å². The van der Waals surface area contributed by atoms with Gasteiger partial charge in [-0.15, -0.1) is 5.48 Å². The fourth-order valence-corrected chi connectivity index (χ4v) is 2.67. The first-order valence-electron chi connectivity index (χ1n) is 10.7. The standard InChI is InChI=1S/C23H36N2O7/c1-15(2)12-18(19(26)13-20(27)30-14-17-10-8-7-9-11-17)25-32-21(28)16(3)24-22(29)31-23(4,5)6/h7-11,15-16,18-19,25-26H,12-14H2,1-6H3,(H,24,29)/t16-,18-,19-/m0/s1. The quantitative estimate of drug-likeness (QED) is 0.266. The summed E-state index contributed by atoms with van der Waals surface area (Å²) < 4.78 is 10.3. The number of hydrogen-bond donors (Lipinski definition) is 3. The van der Waals surface area contributed by atoms with Crippen molar-refractivity contribution in [2.45, 2.75) is 84.8 Å². The Bertz CT molecular complexity index is 732. The Labute approximate surface area is 189 Å². The van der Waals surface area contributed by atoms with Gasteiger partial charge in [0.05, 0.1) is 18.6 Å². The molecule has 1 aromatic rings. The van der Waals surface area contributed by atoms with Crippen LogP contribution in [0.25, 0.3) is 0 Å². The van der Waals surface area contributed by atoms with Gasteiger partial charge in [0.15, 0.2) is 0 Å². The Balaban J connectivity index is 2.55. The molecule has 3 N–H and O–H groups in total. The molecule has 0 radical (unpaired) electrons. The Morgan fingerprint density at radius 1 is 1.06 bits per heavy atom. The second-order valence-electron chi connectivity index (χ2n) is 9.06. The van der Waals surface area contributed by atoms with Gasteiger partial charge in [-0.25, -0.2) is 9.59 Å². The van der Waals surface area contributed by atoms with Gasteiger partial charge >= 0.3 is 18.0 Å². The van der Waals surface area contributed by atoms with E-state index in [-0.39, 0.29) is 18.9 Å². The number of benzene rings is 1. The SMILES string of the molecule is CC(C)C[C@H](NOC(=O)[C@H](C)NC(=O)OC(C)(C)C)[C@@H](O)CC(=O)OCc1ccccc1. The van der Waals surface area contributed by atoms with Crippen LogP contribution in [0.5, 0.6) is 0 Å². The van der Waals surface area contributed by atoms with Gasteiger partial charge in [-0.1, -0.05) is 44.2 Å². The number of carbonyl (C=O) groups excluding carboxylic acids is 3. The highest BCUT2D eigenvalue weighted by Gasteiger charge is 2.27. The maximum absolute atomic E-state index is 12.2. The van der Waals surface area contributed by atoms with Gasteiger partial charge in [-0.05, 0) is 45.6 Å². The first kappa shape index (κ1) is 27.4. The van der Waals surface area contributed by atoms with Crippen LogP contribution in [-0.2, 0) is 30.5 Å². The van der Waals surface area contributed by atoms with Crippen molar-refractivity contribution in [3.8, 4) is 0 Å². The summed E-state index contributed by atoms with van der Waals surface area (Å²) in [6.45, 7) is 10.5. The monoisotopic (exact) mass is 452 g/mol. The zero-order valence-electron chi connectivity index (χ0n) is 19.7. The molecule has 1 aromatic carbocycles. The predicted molar refractivity (Wildman–Crippen MR) is 118 cm³/mol. The van der Waals surface area contributed by atoms with E-state index in [1.807, 2.05) is 44.2 Å². The number of aliphatic hydroxyl groups excluding tert-OH is 1. The number of alkyl carbamates (subject to hydrolysis) is 1. The number of carbonyl (C=O) groups is 3. The van der Waals surface area contributed by atoms with E-state index >= 15 is 0 Å². The molecule has 1 rings (SSSR count). The highest BCUT2D eigenvalue weighted by atomic mass is 16.7. The molecule has 0 heterocycles. The maximum Gasteiger partial charge on any atom is 0.408 e. The molecule has 0 unspecified atom stereocenters. The van der Waals surface area contributed by atoms with E-state index in [1.165, 1.54) is 6.92 Å². The number of ether oxygens (including phenoxy) is 2. The summed E-state index contributed by atoms with van der Waals surface area (Å²) in [6, 6.07) is 7.53. The van der Waals surface area contributed by atoms with E-state index in [4.69, 9.17) is 14.3 Å². The maximum atomic E-state index is 12.2. The molecule has 3 atom stereocenters. The number of rotatable bonds is 11. The lowest BCUT2D eigenvalue weighted by Gasteiger charge is -2.25. The lowest BCUT2D eigenvalue weighted by molar-refractivity contribution is -0.158. The van der Waals surface area contributed by atoms with Crippen LogP contribution in [0.2, 0.25) is 0 Å². The van der Waals surface area contributed by atoms with Gasteiger partial charge in [0.2, 0.25) is 0 Å². The third kappa shape index (κ3) is 11.7. The second-order valence-corrected chi connectivity index (χ2v) is 9.06. The molecule has 1 amide bonds. The third-order valence-corrected chi connectivity index (χ3v) is 4.21. The van der Waals surface area contributed by atoms with Crippen LogP contribution < -0.4 is 10.8 Å². The van der Waals surface area contributed by atoms with E-state index in [1.54, 1.807) is 20.8 Å². The molecule has 0 aliphatic rings. The molecule has 180 valence electrons. The Morgan fingerprint density at radius 3 is 2.25 bits per heavy atom.